The molecule has 0 radical (unpaired) electrons. The summed E-state index contributed by atoms with van der Waals surface area (Å²) in [5.74, 6) is 1.60. The number of fused-ring (bicyclic) bond motifs is 1. The number of nitrogens with zero attached hydrogens (tertiary/aromatic N) is 2. The first-order chi connectivity index (χ1) is 8.42. The first-order valence-corrected chi connectivity index (χ1v) is 5.34. The predicted octanol–water partition coefficient (Wildman–Crippen LogP) is 3.42. The van der Waals surface area contributed by atoms with Crippen LogP contribution in [0, 0.1) is 0 Å². The van der Waals surface area contributed by atoms with Crippen LogP contribution in [0.25, 0.3) is 10.9 Å². The van der Waals surface area contributed by atoms with Gasteiger partial charge in [0, 0.05) is 17.6 Å². The third-order valence-electron chi connectivity index (χ3n) is 2.46. The second-order valence-electron chi connectivity index (χ2n) is 3.66. The molecule has 1 aromatic heterocycles. The maximum atomic E-state index is 5.73. The summed E-state index contributed by atoms with van der Waals surface area (Å²) in [5, 5.41) is 1.01. The molecule has 0 saturated heterocycles. The first kappa shape index (κ1) is 9.78. The van der Waals surface area contributed by atoms with Crippen molar-refractivity contribution >= 4 is 10.9 Å². The van der Waals surface area contributed by atoms with Crippen LogP contribution in [0.1, 0.15) is 0 Å². The van der Waals surface area contributed by atoms with Gasteiger partial charge in [0.05, 0.1) is 5.52 Å². The molecule has 0 atom stereocenters. The molecule has 0 spiro atoms. The fourth-order valence-electron chi connectivity index (χ4n) is 1.64. The van der Waals surface area contributed by atoms with Gasteiger partial charge in [-0.25, -0.2) is 9.97 Å². The third kappa shape index (κ3) is 2.08. The van der Waals surface area contributed by atoms with Crippen molar-refractivity contribution in [3.8, 4) is 11.5 Å². The minimum atomic E-state index is 0.780. The number of hydrogen-bond acceptors (Lipinski definition) is 3. The van der Waals surface area contributed by atoms with Gasteiger partial charge in [0.15, 0.2) is 0 Å². The largest absolute Gasteiger partial charge is 0.457 e. The van der Waals surface area contributed by atoms with Gasteiger partial charge in [-0.3, -0.25) is 0 Å². The van der Waals surface area contributed by atoms with Gasteiger partial charge in [-0.15, -0.1) is 0 Å². The summed E-state index contributed by atoms with van der Waals surface area (Å²) in [4.78, 5) is 8.17. The maximum absolute atomic E-state index is 5.73. The van der Waals surface area contributed by atoms with E-state index in [0.29, 0.717) is 0 Å². The van der Waals surface area contributed by atoms with Gasteiger partial charge in [-0.05, 0) is 24.3 Å². The zero-order valence-corrected chi connectivity index (χ0v) is 9.08. The Morgan fingerprint density at radius 1 is 0.882 bits per heavy atom. The van der Waals surface area contributed by atoms with E-state index in [2.05, 4.69) is 9.97 Å². The second kappa shape index (κ2) is 4.22. The second-order valence-corrected chi connectivity index (χ2v) is 3.66. The Hall–Kier alpha value is -2.42. The summed E-state index contributed by atoms with van der Waals surface area (Å²) >= 11 is 0. The highest BCUT2D eigenvalue weighted by Crippen LogP contribution is 2.23. The molecule has 17 heavy (non-hydrogen) atoms. The molecule has 0 N–H and O–H groups in total. The van der Waals surface area contributed by atoms with E-state index in [-0.39, 0.29) is 0 Å². The smallest absolute Gasteiger partial charge is 0.129 e. The average Bonchev–Trinajstić information content (AvgIpc) is 2.40. The zero-order valence-electron chi connectivity index (χ0n) is 9.08. The van der Waals surface area contributed by atoms with Gasteiger partial charge < -0.3 is 4.74 Å². The normalized spacial score (nSPS) is 10.4. The molecule has 0 aliphatic heterocycles. The van der Waals surface area contributed by atoms with Crippen molar-refractivity contribution in [2.75, 3.05) is 0 Å². The van der Waals surface area contributed by atoms with Crippen molar-refractivity contribution in [1.29, 1.82) is 0 Å². The minimum Gasteiger partial charge on any atom is -0.457 e. The molecule has 0 unspecified atom stereocenters. The Morgan fingerprint density at radius 3 is 2.65 bits per heavy atom. The molecule has 0 fully saturated rings. The lowest BCUT2D eigenvalue weighted by molar-refractivity contribution is 0.483. The Balaban J connectivity index is 1.96. The molecule has 2 aromatic carbocycles. The monoisotopic (exact) mass is 222 g/mol. The number of hydrogen-bond donors (Lipinski definition) is 0. The number of rotatable bonds is 2. The molecule has 3 nitrogen and oxygen atoms in total. The molecule has 3 rings (SSSR count). The first-order valence-electron chi connectivity index (χ1n) is 5.34. The van der Waals surface area contributed by atoms with Crippen molar-refractivity contribution < 1.29 is 4.74 Å². The average molecular weight is 222 g/mol. The van der Waals surface area contributed by atoms with Crippen LogP contribution in [0.15, 0.2) is 61.1 Å². The number of para-hydroxylation sites is 1. The SMILES string of the molecule is c1ccc(Oc2ccc3cncnc3c2)cc1. The molecular formula is C14H10N2O. The lowest BCUT2D eigenvalue weighted by atomic mass is 10.2. The van der Waals surface area contributed by atoms with Crippen molar-refractivity contribution in [1.82, 2.24) is 9.97 Å². The van der Waals surface area contributed by atoms with Crippen LogP contribution in [0.5, 0.6) is 11.5 Å². The predicted molar refractivity (Wildman–Crippen MR) is 66.1 cm³/mol. The summed E-state index contributed by atoms with van der Waals surface area (Å²) in [6.45, 7) is 0. The lowest BCUT2D eigenvalue weighted by Gasteiger charge is -2.05. The van der Waals surface area contributed by atoms with E-state index in [9.17, 15) is 0 Å². The molecule has 0 aliphatic rings. The molecule has 0 saturated carbocycles. The highest BCUT2D eigenvalue weighted by Gasteiger charge is 1.99. The standard InChI is InChI=1S/C14H10N2O/c1-2-4-12(5-3-1)17-13-7-6-11-9-15-10-16-14(11)8-13/h1-10H. The molecule has 3 heteroatoms. The van der Waals surface area contributed by atoms with Crippen LogP contribution in [0.4, 0.5) is 0 Å². The summed E-state index contributed by atoms with van der Waals surface area (Å²) in [7, 11) is 0. The fraction of sp³-hybridized carbons (Fsp3) is 0. The summed E-state index contributed by atoms with van der Waals surface area (Å²) in [6, 6.07) is 15.5. The van der Waals surface area contributed by atoms with E-state index < -0.39 is 0 Å². The van der Waals surface area contributed by atoms with Crippen molar-refractivity contribution in [2.24, 2.45) is 0 Å². The Kier molecular flexibility index (Phi) is 2.43. The molecule has 82 valence electrons. The van der Waals surface area contributed by atoms with E-state index in [0.717, 1.165) is 22.4 Å². The Bertz CT molecular complexity index is 638. The van der Waals surface area contributed by atoms with Crippen LogP contribution < -0.4 is 4.74 Å². The van der Waals surface area contributed by atoms with E-state index in [4.69, 9.17) is 4.74 Å². The van der Waals surface area contributed by atoms with Gasteiger partial charge in [0.1, 0.15) is 17.8 Å². The summed E-state index contributed by atoms with van der Waals surface area (Å²) in [6.07, 6.45) is 3.32. The van der Waals surface area contributed by atoms with Crippen LogP contribution in [0.2, 0.25) is 0 Å². The van der Waals surface area contributed by atoms with Crippen molar-refractivity contribution in [3.63, 3.8) is 0 Å². The highest BCUT2D eigenvalue weighted by molar-refractivity contribution is 5.78. The van der Waals surface area contributed by atoms with Gasteiger partial charge >= 0.3 is 0 Å². The fourth-order valence-corrected chi connectivity index (χ4v) is 1.64. The van der Waals surface area contributed by atoms with E-state index in [1.165, 1.54) is 6.33 Å². The summed E-state index contributed by atoms with van der Waals surface area (Å²) < 4.78 is 5.73. The Morgan fingerprint density at radius 2 is 1.76 bits per heavy atom. The van der Waals surface area contributed by atoms with Gasteiger partial charge in [0.2, 0.25) is 0 Å². The highest BCUT2D eigenvalue weighted by atomic mass is 16.5. The number of benzene rings is 2. The van der Waals surface area contributed by atoms with Gasteiger partial charge in [-0.2, -0.15) is 0 Å². The van der Waals surface area contributed by atoms with Crippen molar-refractivity contribution in [3.05, 3.63) is 61.1 Å². The zero-order chi connectivity index (χ0) is 11.5. The van der Waals surface area contributed by atoms with Gasteiger partial charge in [-0.1, -0.05) is 18.2 Å². The molecule has 0 amide bonds. The van der Waals surface area contributed by atoms with Crippen LogP contribution >= 0.6 is 0 Å². The molecular weight excluding hydrogens is 212 g/mol. The Labute approximate surface area is 98.7 Å². The van der Waals surface area contributed by atoms with E-state index >= 15 is 0 Å². The maximum Gasteiger partial charge on any atom is 0.129 e. The van der Waals surface area contributed by atoms with Crippen LogP contribution in [0.3, 0.4) is 0 Å². The lowest BCUT2D eigenvalue weighted by Crippen LogP contribution is -1.85. The minimum absolute atomic E-state index is 0.780. The van der Waals surface area contributed by atoms with Crippen LogP contribution in [-0.4, -0.2) is 9.97 Å². The molecule has 0 bridgehead atoms. The van der Waals surface area contributed by atoms with Crippen LogP contribution in [-0.2, 0) is 0 Å². The molecule has 3 aromatic rings. The summed E-state index contributed by atoms with van der Waals surface area (Å²) in [5.41, 5.74) is 0.883. The van der Waals surface area contributed by atoms with E-state index in [1.807, 2.05) is 48.5 Å². The van der Waals surface area contributed by atoms with Gasteiger partial charge in [0.25, 0.3) is 0 Å². The number of ether oxygens (including phenoxy) is 1. The van der Waals surface area contributed by atoms with E-state index in [1.54, 1.807) is 6.20 Å². The third-order valence-corrected chi connectivity index (χ3v) is 2.46. The molecule has 0 aliphatic carbocycles. The van der Waals surface area contributed by atoms with Crippen molar-refractivity contribution in [2.45, 2.75) is 0 Å². The quantitative estimate of drug-likeness (QED) is 0.666. The number of aromatic nitrogens is 2. The molecule has 1 heterocycles. The topological polar surface area (TPSA) is 35.0 Å².